The van der Waals surface area contributed by atoms with Crippen molar-refractivity contribution >= 4 is 0 Å². The SMILES string of the molecule is CCc1nn(C)cc1CNCCc1ccn(C)n1. The largest absolute Gasteiger partial charge is 0.312 e. The normalized spacial score (nSPS) is 11.1. The lowest BCUT2D eigenvalue weighted by molar-refractivity contribution is 0.662. The zero-order valence-electron chi connectivity index (χ0n) is 11.3. The van der Waals surface area contributed by atoms with Crippen LogP contribution in [0.1, 0.15) is 23.9 Å². The zero-order valence-corrected chi connectivity index (χ0v) is 11.3. The average molecular weight is 247 g/mol. The molecule has 0 bridgehead atoms. The monoisotopic (exact) mass is 247 g/mol. The van der Waals surface area contributed by atoms with Gasteiger partial charge >= 0.3 is 0 Å². The first kappa shape index (κ1) is 12.8. The van der Waals surface area contributed by atoms with Gasteiger partial charge in [-0.15, -0.1) is 0 Å². The Kier molecular flexibility index (Phi) is 4.15. The first-order chi connectivity index (χ1) is 8.69. The van der Waals surface area contributed by atoms with Crippen LogP contribution < -0.4 is 5.32 Å². The second kappa shape index (κ2) is 5.82. The number of rotatable bonds is 6. The van der Waals surface area contributed by atoms with E-state index in [-0.39, 0.29) is 0 Å². The van der Waals surface area contributed by atoms with E-state index in [0.717, 1.165) is 31.6 Å². The van der Waals surface area contributed by atoms with E-state index in [4.69, 9.17) is 0 Å². The van der Waals surface area contributed by atoms with Gasteiger partial charge in [-0.2, -0.15) is 10.2 Å². The Morgan fingerprint density at radius 1 is 1.22 bits per heavy atom. The third-order valence-electron chi connectivity index (χ3n) is 2.97. The van der Waals surface area contributed by atoms with Crippen molar-refractivity contribution in [3.8, 4) is 0 Å². The van der Waals surface area contributed by atoms with E-state index in [9.17, 15) is 0 Å². The number of hydrogen-bond acceptors (Lipinski definition) is 3. The van der Waals surface area contributed by atoms with Crippen LogP contribution in [0.3, 0.4) is 0 Å². The van der Waals surface area contributed by atoms with E-state index >= 15 is 0 Å². The minimum absolute atomic E-state index is 0.879. The number of nitrogens with zero attached hydrogens (tertiary/aromatic N) is 4. The smallest absolute Gasteiger partial charge is 0.0666 e. The minimum atomic E-state index is 0.879. The highest BCUT2D eigenvalue weighted by Crippen LogP contribution is 2.06. The van der Waals surface area contributed by atoms with Gasteiger partial charge in [0.2, 0.25) is 0 Å². The molecule has 98 valence electrons. The molecule has 5 heteroatoms. The van der Waals surface area contributed by atoms with Gasteiger partial charge in [0.1, 0.15) is 0 Å². The van der Waals surface area contributed by atoms with E-state index in [1.165, 1.54) is 11.3 Å². The first-order valence-corrected chi connectivity index (χ1v) is 6.39. The standard InChI is InChI=1S/C13H21N5/c1-4-13-11(10-18(3)16-13)9-14-7-5-12-6-8-17(2)15-12/h6,8,10,14H,4-5,7,9H2,1-3H3. The van der Waals surface area contributed by atoms with Gasteiger partial charge in [0.15, 0.2) is 0 Å². The molecule has 2 aromatic heterocycles. The van der Waals surface area contributed by atoms with Crippen molar-refractivity contribution in [1.82, 2.24) is 24.9 Å². The third-order valence-corrected chi connectivity index (χ3v) is 2.97. The van der Waals surface area contributed by atoms with Crippen molar-refractivity contribution in [2.45, 2.75) is 26.3 Å². The van der Waals surface area contributed by atoms with Crippen molar-refractivity contribution < 1.29 is 0 Å². The molecule has 0 spiro atoms. The topological polar surface area (TPSA) is 47.7 Å². The molecule has 0 saturated carbocycles. The summed E-state index contributed by atoms with van der Waals surface area (Å²) in [5.41, 5.74) is 3.61. The lowest BCUT2D eigenvalue weighted by Crippen LogP contribution is -2.17. The highest BCUT2D eigenvalue weighted by atomic mass is 15.3. The predicted octanol–water partition coefficient (Wildman–Crippen LogP) is 1.05. The van der Waals surface area contributed by atoms with Crippen LogP contribution in [0.15, 0.2) is 18.5 Å². The molecular weight excluding hydrogens is 226 g/mol. The van der Waals surface area contributed by atoms with E-state index in [1.807, 2.05) is 29.7 Å². The highest BCUT2D eigenvalue weighted by molar-refractivity contribution is 5.16. The van der Waals surface area contributed by atoms with E-state index < -0.39 is 0 Å². The molecule has 0 atom stereocenters. The van der Waals surface area contributed by atoms with Crippen molar-refractivity contribution in [3.63, 3.8) is 0 Å². The van der Waals surface area contributed by atoms with Crippen LogP contribution in [0, 0.1) is 0 Å². The molecular formula is C13H21N5. The fourth-order valence-electron chi connectivity index (χ4n) is 2.07. The lowest BCUT2D eigenvalue weighted by atomic mass is 10.2. The zero-order chi connectivity index (χ0) is 13.0. The molecule has 0 radical (unpaired) electrons. The minimum Gasteiger partial charge on any atom is -0.312 e. The Morgan fingerprint density at radius 2 is 2.06 bits per heavy atom. The van der Waals surface area contributed by atoms with Gasteiger partial charge in [0.25, 0.3) is 0 Å². The van der Waals surface area contributed by atoms with Gasteiger partial charge in [-0.1, -0.05) is 6.92 Å². The summed E-state index contributed by atoms with van der Waals surface area (Å²) in [4.78, 5) is 0. The quantitative estimate of drug-likeness (QED) is 0.776. The maximum atomic E-state index is 4.43. The van der Waals surface area contributed by atoms with Gasteiger partial charge in [0, 0.05) is 51.6 Å². The molecule has 2 aromatic rings. The molecule has 0 fully saturated rings. The predicted molar refractivity (Wildman–Crippen MR) is 71.2 cm³/mol. The third kappa shape index (κ3) is 3.20. The number of aryl methyl sites for hydroxylation is 3. The van der Waals surface area contributed by atoms with E-state index in [1.54, 1.807) is 0 Å². The molecule has 0 unspecified atom stereocenters. The van der Waals surface area contributed by atoms with E-state index in [0.29, 0.717) is 0 Å². The van der Waals surface area contributed by atoms with Crippen LogP contribution in [0.2, 0.25) is 0 Å². The fraction of sp³-hybridized carbons (Fsp3) is 0.538. The Morgan fingerprint density at radius 3 is 2.72 bits per heavy atom. The molecule has 0 aliphatic rings. The molecule has 0 saturated heterocycles. The Labute approximate surface area is 108 Å². The summed E-state index contributed by atoms with van der Waals surface area (Å²) in [6.07, 6.45) is 6.01. The van der Waals surface area contributed by atoms with Crippen molar-refractivity contribution in [2.75, 3.05) is 6.54 Å². The molecule has 2 rings (SSSR count). The first-order valence-electron chi connectivity index (χ1n) is 6.39. The fourth-order valence-corrected chi connectivity index (χ4v) is 2.07. The second-order valence-electron chi connectivity index (χ2n) is 4.54. The van der Waals surface area contributed by atoms with Crippen LogP contribution >= 0.6 is 0 Å². The van der Waals surface area contributed by atoms with Gasteiger partial charge in [0.05, 0.1) is 11.4 Å². The maximum Gasteiger partial charge on any atom is 0.0666 e. The Bertz CT molecular complexity index is 497. The number of nitrogens with one attached hydrogen (secondary N) is 1. The summed E-state index contributed by atoms with van der Waals surface area (Å²) in [6, 6.07) is 2.06. The van der Waals surface area contributed by atoms with Crippen LogP contribution in [0.4, 0.5) is 0 Å². The summed E-state index contributed by atoms with van der Waals surface area (Å²) in [5.74, 6) is 0. The summed E-state index contributed by atoms with van der Waals surface area (Å²) < 4.78 is 3.72. The summed E-state index contributed by atoms with van der Waals surface area (Å²) in [6.45, 7) is 3.96. The molecule has 5 nitrogen and oxygen atoms in total. The van der Waals surface area contributed by atoms with Gasteiger partial charge in [-0.05, 0) is 12.5 Å². The van der Waals surface area contributed by atoms with Crippen LogP contribution in [-0.2, 0) is 33.5 Å². The molecule has 18 heavy (non-hydrogen) atoms. The Balaban J connectivity index is 1.78. The lowest BCUT2D eigenvalue weighted by Gasteiger charge is -2.02. The summed E-state index contributed by atoms with van der Waals surface area (Å²) in [7, 11) is 3.91. The van der Waals surface area contributed by atoms with E-state index in [2.05, 4.69) is 34.7 Å². The Hall–Kier alpha value is -1.62. The number of hydrogen-bond donors (Lipinski definition) is 1. The van der Waals surface area contributed by atoms with Crippen LogP contribution in [-0.4, -0.2) is 26.1 Å². The molecule has 2 heterocycles. The van der Waals surface area contributed by atoms with Gasteiger partial charge < -0.3 is 5.32 Å². The summed E-state index contributed by atoms with van der Waals surface area (Å²) in [5, 5.41) is 12.2. The van der Waals surface area contributed by atoms with Crippen LogP contribution in [0.25, 0.3) is 0 Å². The molecule has 1 N–H and O–H groups in total. The molecule has 0 aromatic carbocycles. The highest BCUT2D eigenvalue weighted by Gasteiger charge is 2.05. The maximum absolute atomic E-state index is 4.43. The summed E-state index contributed by atoms with van der Waals surface area (Å²) >= 11 is 0. The van der Waals surface area contributed by atoms with Gasteiger partial charge in [-0.25, -0.2) is 0 Å². The molecule has 0 aliphatic heterocycles. The van der Waals surface area contributed by atoms with Crippen molar-refractivity contribution in [3.05, 3.63) is 35.4 Å². The molecule has 0 aliphatic carbocycles. The number of aromatic nitrogens is 4. The van der Waals surface area contributed by atoms with Crippen molar-refractivity contribution in [2.24, 2.45) is 14.1 Å². The van der Waals surface area contributed by atoms with Crippen LogP contribution in [0.5, 0.6) is 0 Å². The van der Waals surface area contributed by atoms with Gasteiger partial charge in [-0.3, -0.25) is 9.36 Å². The average Bonchev–Trinajstić information content (AvgIpc) is 2.91. The second-order valence-corrected chi connectivity index (χ2v) is 4.54. The molecule has 0 amide bonds. The van der Waals surface area contributed by atoms with Crippen molar-refractivity contribution in [1.29, 1.82) is 0 Å².